The number of H-pyrrole nitrogens is 1. The zero-order valence-electron chi connectivity index (χ0n) is 18.1. The van der Waals surface area contributed by atoms with Gasteiger partial charge in [0.1, 0.15) is 11.4 Å². The molecule has 172 valence electrons. The monoisotopic (exact) mass is 464 g/mol. The number of thioether (sulfide) groups is 1. The number of hydrogen-bond donors (Lipinski definition) is 2. The van der Waals surface area contributed by atoms with E-state index in [1.165, 1.54) is 6.20 Å². The van der Waals surface area contributed by atoms with E-state index < -0.39 is 30.3 Å². The maximum absolute atomic E-state index is 12.4. The van der Waals surface area contributed by atoms with Gasteiger partial charge in [-0.05, 0) is 33.3 Å². The number of hydrogen-bond acceptors (Lipinski definition) is 11. The number of carbonyl (C=O) groups excluding carboxylic acids is 4. The topological polar surface area (TPSA) is 164 Å². The lowest BCUT2D eigenvalue weighted by Gasteiger charge is -2.06. The van der Waals surface area contributed by atoms with Crippen molar-refractivity contribution in [1.29, 1.82) is 0 Å². The van der Waals surface area contributed by atoms with Crippen LogP contribution >= 0.6 is 11.8 Å². The van der Waals surface area contributed by atoms with Crippen molar-refractivity contribution in [3.63, 3.8) is 0 Å². The number of ketones is 1. The van der Waals surface area contributed by atoms with Crippen molar-refractivity contribution in [1.82, 2.24) is 15.0 Å². The van der Waals surface area contributed by atoms with Crippen molar-refractivity contribution in [2.24, 2.45) is 0 Å². The van der Waals surface area contributed by atoms with E-state index in [0.29, 0.717) is 11.3 Å². The second kappa shape index (κ2) is 11.3. The van der Waals surface area contributed by atoms with Gasteiger partial charge < -0.3 is 24.9 Å². The van der Waals surface area contributed by atoms with Crippen LogP contribution in [-0.2, 0) is 19.0 Å². The number of aryl methyl sites for hydroxylation is 1. The van der Waals surface area contributed by atoms with Crippen LogP contribution in [0.15, 0.2) is 11.4 Å². The lowest BCUT2D eigenvalue weighted by Crippen LogP contribution is -2.17. The molecule has 0 aliphatic heterocycles. The molecule has 0 spiro atoms. The largest absolute Gasteiger partial charge is 0.462 e. The zero-order valence-corrected chi connectivity index (χ0v) is 19.0. The Hall–Kier alpha value is -3.41. The molecule has 11 nitrogen and oxygen atoms in total. The van der Waals surface area contributed by atoms with Gasteiger partial charge in [-0.2, -0.15) is 0 Å². The molecule has 0 radical (unpaired) electrons. The number of nitrogens with one attached hydrogen (secondary N) is 1. The summed E-state index contributed by atoms with van der Waals surface area (Å²) in [6.07, 6.45) is 1.22. The third kappa shape index (κ3) is 6.06. The normalized spacial score (nSPS) is 10.5. The highest BCUT2D eigenvalue weighted by molar-refractivity contribution is 7.99. The van der Waals surface area contributed by atoms with E-state index in [4.69, 9.17) is 19.9 Å². The average Bonchev–Trinajstić information content (AvgIpc) is 3.04. The van der Waals surface area contributed by atoms with Crippen LogP contribution in [0, 0.1) is 13.8 Å². The van der Waals surface area contributed by atoms with Crippen LogP contribution in [0.5, 0.6) is 0 Å². The lowest BCUT2D eigenvalue weighted by atomic mass is 10.1. The van der Waals surface area contributed by atoms with Gasteiger partial charge in [-0.15, -0.1) is 0 Å². The molecular weight excluding hydrogens is 440 g/mol. The number of nitrogen functional groups attached to an aromatic ring is 1. The molecule has 3 N–H and O–H groups in total. The van der Waals surface area contributed by atoms with Crippen LogP contribution in [0.1, 0.15) is 56.3 Å². The number of aromatic amines is 1. The first-order valence-electron chi connectivity index (χ1n) is 9.67. The van der Waals surface area contributed by atoms with Crippen LogP contribution in [0.4, 0.5) is 5.82 Å². The van der Waals surface area contributed by atoms with Gasteiger partial charge in [0.05, 0.1) is 30.2 Å². The number of aromatic nitrogens is 3. The molecule has 0 aromatic carbocycles. The Bertz CT molecular complexity index is 1040. The second-order valence-corrected chi connectivity index (χ2v) is 7.33. The number of nitrogens with two attached hydrogens (primary N) is 1. The number of anilines is 1. The van der Waals surface area contributed by atoms with Crippen molar-refractivity contribution in [2.45, 2.75) is 32.9 Å². The Labute approximate surface area is 188 Å². The van der Waals surface area contributed by atoms with Gasteiger partial charge in [0, 0.05) is 11.9 Å². The Morgan fingerprint density at radius 3 is 2.34 bits per heavy atom. The fraction of sp³-hybridized carbons (Fsp3) is 0.400. The number of carbonyl (C=O) groups is 4. The highest BCUT2D eigenvalue weighted by atomic mass is 32.2. The van der Waals surface area contributed by atoms with Crippen LogP contribution in [0.2, 0.25) is 0 Å². The maximum Gasteiger partial charge on any atom is 0.343 e. The van der Waals surface area contributed by atoms with E-state index in [1.54, 1.807) is 27.7 Å². The molecule has 0 atom stereocenters. The standard InChI is InChI=1S/C20H24N4O7S/c1-5-29-18(27)12-7-22-20(24-17(12)21)32-9-14(26)31-8-13(25)16-10(3)15(11(4)23-16)19(28)30-6-2/h7,23H,5-6,8-9H2,1-4H3,(H2,21,22,24). The van der Waals surface area contributed by atoms with Gasteiger partial charge in [-0.25, -0.2) is 19.6 Å². The van der Waals surface area contributed by atoms with Gasteiger partial charge in [-0.3, -0.25) is 9.59 Å². The van der Waals surface area contributed by atoms with E-state index in [9.17, 15) is 19.2 Å². The summed E-state index contributed by atoms with van der Waals surface area (Å²) in [5.74, 6) is -2.58. The van der Waals surface area contributed by atoms with Gasteiger partial charge in [0.2, 0.25) is 5.78 Å². The first-order valence-corrected chi connectivity index (χ1v) is 10.7. The molecule has 2 rings (SSSR count). The van der Waals surface area contributed by atoms with Crippen LogP contribution < -0.4 is 5.73 Å². The van der Waals surface area contributed by atoms with Gasteiger partial charge in [-0.1, -0.05) is 11.8 Å². The summed E-state index contributed by atoms with van der Waals surface area (Å²) in [5, 5.41) is 0.161. The van der Waals surface area contributed by atoms with E-state index in [-0.39, 0.29) is 46.8 Å². The van der Waals surface area contributed by atoms with Crippen LogP contribution in [-0.4, -0.2) is 64.2 Å². The molecule has 0 amide bonds. The number of Topliss-reactive ketones (excluding diaryl/α,β-unsaturated/α-hetero) is 1. The quantitative estimate of drug-likeness (QED) is 0.173. The summed E-state index contributed by atoms with van der Waals surface area (Å²) in [5.41, 5.74) is 7.15. The minimum absolute atomic E-state index is 0.0307. The van der Waals surface area contributed by atoms with Crippen molar-refractivity contribution in [3.05, 3.63) is 34.3 Å². The number of esters is 3. The van der Waals surface area contributed by atoms with Crippen molar-refractivity contribution in [3.8, 4) is 0 Å². The fourth-order valence-electron chi connectivity index (χ4n) is 2.74. The molecule has 0 unspecified atom stereocenters. The van der Waals surface area contributed by atoms with E-state index in [0.717, 1.165) is 11.8 Å². The summed E-state index contributed by atoms with van der Waals surface area (Å²) in [6.45, 7) is 6.50. The van der Waals surface area contributed by atoms with Crippen molar-refractivity contribution in [2.75, 3.05) is 31.3 Å². The summed E-state index contributed by atoms with van der Waals surface area (Å²) in [4.78, 5) is 58.9. The van der Waals surface area contributed by atoms with Crippen LogP contribution in [0.25, 0.3) is 0 Å². The predicted molar refractivity (Wildman–Crippen MR) is 115 cm³/mol. The van der Waals surface area contributed by atoms with Gasteiger partial charge in [0.15, 0.2) is 11.8 Å². The lowest BCUT2D eigenvalue weighted by molar-refractivity contribution is -0.139. The van der Waals surface area contributed by atoms with Crippen molar-refractivity contribution >= 4 is 41.3 Å². The smallest absolute Gasteiger partial charge is 0.343 e. The molecule has 12 heteroatoms. The highest BCUT2D eigenvalue weighted by Gasteiger charge is 2.23. The average molecular weight is 465 g/mol. The first-order chi connectivity index (χ1) is 15.2. The number of nitrogens with zero attached hydrogens (tertiary/aromatic N) is 2. The SMILES string of the molecule is CCOC(=O)c1cnc(SCC(=O)OCC(=O)c2[nH]c(C)c(C(=O)OCC)c2C)nc1N. The van der Waals surface area contributed by atoms with E-state index >= 15 is 0 Å². The molecule has 2 heterocycles. The molecule has 0 saturated carbocycles. The Kier molecular flexibility index (Phi) is 8.76. The molecule has 0 aliphatic carbocycles. The van der Waals surface area contributed by atoms with E-state index in [1.807, 2.05) is 0 Å². The number of rotatable bonds is 10. The molecule has 2 aromatic rings. The third-order valence-corrected chi connectivity index (χ3v) is 5.01. The Morgan fingerprint density at radius 1 is 1.06 bits per heavy atom. The van der Waals surface area contributed by atoms with E-state index in [2.05, 4.69) is 15.0 Å². The van der Waals surface area contributed by atoms with Gasteiger partial charge in [0.25, 0.3) is 0 Å². The predicted octanol–water partition coefficient (Wildman–Crippen LogP) is 1.88. The Morgan fingerprint density at radius 2 is 1.72 bits per heavy atom. The molecular formula is C20H24N4O7S. The minimum atomic E-state index is -0.675. The minimum Gasteiger partial charge on any atom is -0.462 e. The summed E-state index contributed by atoms with van der Waals surface area (Å²) >= 11 is 0.934. The molecule has 32 heavy (non-hydrogen) atoms. The Balaban J connectivity index is 1.92. The first kappa shape index (κ1) is 24.9. The van der Waals surface area contributed by atoms with Crippen LogP contribution in [0.3, 0.4) is 0 Å². The summed E-state index contributed by atoms with van der Waals surface area (Å²) in [7, 11) is 0. The molecule has 0 fully saturated rings. The van der Waals surface area contributed by atoms with Gasteiger partial charge >= 0.3 is 17.9 Å². The maximum atomic E-state index is 12.4. The highest BCUT2D eigenvalue weighted by Crippen LogP contribution is 2.20. The number of ether oxygens (including phenoxy) is 3. The summed E-state index contributed by atoms with van der Waals surface area (Å²) < 4.78 is 14.8. The fourth-order valence-corrected chi connectivity index (χ4v) is 3.36. The molecule has 2 aromatic heterocycles. The summed E-state index contributed by atoms with van der Waals surface area (Å²) in [6, 6.07) is 0. The third-order valence-electron chi connectivity index (χ3n) is 4.17. The zero-order chi connectivity index (χ0) is 23.8. The second-order valence-electron chi connectivity index (χ2n) is 6.39. The van der Waals surface area contributed by atoms with Crippen molar-refractivity contribution < 1.29 is 33.4 Å². The molecule has 0 saturated heterocycles. The molecule has 0 bridgehead atoms. The molecule has 0 aliphatic rings.